The fourth-order valence-corrected chi connectivity index (χ4v) is 6.83. The molecule has 1 amide bonds. The molecule has 1 aromatic carbocycles. The number of carbonyl (C=O) groups excluding carboxylic acids is 1. The zero-order chi connectivity index (χ0) is 21.8. The van der Waals surface area contributed by atoms with Crippen molar-refractivity contribution in [3.63, 3.8) is 0 Å². The first kappa shape index (κ1) is 23.1. The number of benzene rings is 1. The number of thioether (sulfide) groups is 1. The first-order valence-electron chi connectivity index (χ1n) is 8.82. The SMILES string of the molecule is CC#CCOc1ccc(S(=O)(=O)N2C[C@H](CC(N)=O)SC(C)(C)[C@@H]2C(=O)O)cc1. The molecule has 8 nitrogen and oxygen atoms in total. The molecule has 0 radical (unpaired) electrons. The third kappa shape index (κ3) is 5.44. The Morgan fingerprint density at radius 3 is 2.48 bits per heavy atom. The quantitative estimate of drug-likeness (QED) is 0.612. The van der Waals surface area contributed by atoms with Gasteiger partial charge in [0.15, 0.2) is 0 Å². The fourth-order valence-electron chi connectivity index (χ4n) is 3.21. The lowest BCUT2D eigenvalue weighted by Gasteiger charge is -2.45. The van der Waals surface area contributed by atoms with Gasteiger partial charge in [0.05, 0.1) is 4.90 Å². The largest absolute Gasteiger partial charge is 0.481 e. The van der Waals surface area contributed by atoms with Gasteiger partial charge in [0.1, 0.15) is 18.4 Å². The second kappa shape index (κ2) is 9.07. The molecule has 0 aromatic heterocycles. The number of aliphatic carboxylic acids is 1. The van der Waals surface area contributed by atoms with Crippen molar-refractivity contribution >= 4 is 33.7 Å². The lowest BCUT2D eigenvalue weighted by Crippen LogP contribution is -2.60. The number of hydrogen-bond donors (Lipinski definition) is 2. The Morgan fingerprint density at radius 1 is 1.34 bits per heavy atom. The van der Waals surface area contributed by atoms with Crippen molar-refractivity contribution in [2.75, 3.05) is 13.2 Å². The summed E-state index contributed by atoms with van der Waals surface area (Å²) in [6.45, 7) is 5.04. The third-order valence-corrected chi connectivity index (χ3v) is 7.71. The highest BCUT2D eigenvalue weighted by atomic mass is 32.2. The molecule has 1 heterocycles. The van der Waals surface area contributed by atoms with Gasteiger partial charge in [0, 0.05) is 23.0 Å². The van der Waals surface area contributed by atoms with Crippen LogP contribution in [0.15, 0.2) is 29.2 Å². The Bertz CT molecular complexity index is 932. The predicted octanol–water partition coefficient (Wildman–Crippen LogP) is 1.30. The van der Waals surface area contributed by atoms with Crippen molar-refractivity contribution in [2.45, 2.75) is 48.1 Å². The van der Waals surface area contributed by atoms with E-state index in [1.54, 1.807) is 20.8 Å². The van der Waals surface area contributed by atoms with Gasteiger partial charge < -0.3 is 15.6 Å². The van der Waals surface area contributed by atoms with E-state index in [2.05, 4.69) is 11.8 Å². The van der Waals surface area contributed by atoms with Crippen LogP contribution >= 0.6 is 11.8 Å². The maximum atomic E-state index is 13.3. The van der Waals surface area contributed by atoms with Crippen molar-refractivity contribution in [3.8, 4) is 17.6 Å². The molecule has 3 N–H and O–H groups in total. The molecule has 1 fully saturated rings. The summed E-state index contributed by atoms with van der Waals surface area (Å²) in [7, 11) is -4.13. The highest BCUT2D eigenvalue weighted by Gasteiger charge is 2.51. The molecular weight excluding hydrogens is 416 g/mol. The predicted molar refractivity (Wildman–Crippen MR) is 110 cm³/mol. The van der Waals surface area contributed by atoms with E-state index in [0.717, 1.165) is 4.31 Å². The molecule has 29 heavy (non-hydrogen) atoms. The van der Waals surface area contributed by atoms with Gasteiger partial charge in [-0.3, -0.25) is 9.59 Å². The first-order valence-corrected chi connectivity index (χ1v) is 11.1. The second-order valence-electron chi connectivity index (χ2n) is 7.02. The van der Waals surface area contributed by atoms with Crippen LogP contribution in [0.1, 0.15) is 27.2 Å². The smallest absolute Gasteiger partial charge is 0.323 e. The van der Waals surface area contributed by atoms with Crippen molar-refractivity contribution in [3.05, 3.63) is 24.3 Å². The molecule has 0 saturated carbocycles. The van der Waals surface area contributed by atoms with Crippen LogP contribution in [-0.2, 0) is 19.6 Å². The summed E-state index contributed by atoms with van der Waals surface area (Å²) in [4.78, 5) is 23.3. The molecule has 0 bridgehead atoms. The lowest BCUT2D eigenvalue weighted by atomic mass is 10.0. The van der Waals surface area contributed by atoms with E-state index >= 15 is 0 Å². The summed E-state index contributed by atoms with van der Waals surface area (Å²) in [6, 6.07) is 4.41. The van der Waals surface area contributed by atoms with E-state index in [1.165, 1.54) is 36.0 Å². The van der Waals surface area contributed by atoms with Crippen molar-refractivity contribution in [1.82, 2.24) is 4.31 Å². The van der Waals surface area contributed by atoms with Crippen LogP contribution in [0.2, 0.25) is 0 Å². The van der Waals surface area contributed by atoms with Gasteiger partial charge >= 0.3 is 5.97 Å². The fraction of sp³-hybridized carbons (Fsp3) is 0.474. The Hall–Kier alpha value is -2.22. The standard InChI is InChI=1S/C19H24N2O6S2/c1-4-5-10-27-13-6-8-15(9-7-13)29(25,26)21-12-14(11-16(20)22)28-19(2,3)17(21)18(23)24/h6-9,14,17H,10-12H2,1-3H3,(H2,20,22)(H,23,24)/t14-,17-/m0/s1. The van der Waals surface area contributed by atoms with Gasteiger partial charge in [-0.2, -0.15) is 4.31 Å². The number of nitrogens with two attached hydrogens (primary N) is 1. The number of hydrogen-bond acceptors (Lipinski definition) is 6. The van der Waals surface area contributed by atoms with Crippen molar-refractivity contribution in [1.29, 1.82) is 0 Å². The van der Waals surface area contributed by atoms with E-state index in [0.29, 0.717) is 5.75 Å². The summed E-state index contributed by atoms with van der Waals surface area (Å²) >= 11 is 1.26. The second-order valence-corrected chi connectivity index (χ2v) is 10.9. The Morgan fingerprint density at radius 2 is 1.97 bits per heavy atom. The van der Waals surface area contributed by atoms with E-state index in [9.17, 15) is 23.1 Å². The van der Waals surface area contributed by atoms with Gasteiger partial charge in [-0.05, 0) is 45.0 Å². The maximum Gasteiger partial charge on any atom is 0.323 e. The number of amides is 1. The minimum Gasteiger partial charge on any atom is -0.481 e. The molecule has 1 aromatic rings. The molecule has 10 heteroatoms. The molecule has 1 saturated heterocycles. The average molecular weight is 441 g/mol. The minimum atomic E-state index is -4.13. The molecule has 1 aliphatic heterocycles. The van der Waals surface area contributed by atoms with Crippen LogP contribution < -0.4 is 10.5 Å². The third-order valence-electron chi connectivity index (χ3n) is 4.38. The summed E-state index contributed by atoms with van der Waals surface area (Å²) in [5.41, 5.74) is 5.28. The van der Waals surface area contributed by atoms with Crippen molar-refractivity contribution in [2.24, 2.45) is 5.73 Å². The van der Waals surface area contributed by atoms with Crippen LogP contribution in [-0.4, -0.2) is 58.9 Å². The number of rotatable bonds is 7. The van der Waals surface area contributed by atoms with Crippen LogP contribution in [0, 0.1) is 11.8 Å². The monoisotopic (exact) mass is 440 g/mol. The number of primary amides is 1. The van der Waals surface area contributed by atoms with E-state index < -0.39 is 37.9 Å². The number of carbonyl (C=O) groups is 2. The maximum absolute atomic E-state index is 13.3. The summed E-state index contributed by atoms with van der Waals surface area (Å²) < 4.78 is 31.9. The highest BCUT2D eigenvalue weighted by Crippen LogP contribution is 2.43. The minimum absolute atomic E-state index is 0.0440. The molecule has 2 rings (SSSR count). The molecular formula is C19H24N2O6S2. The van der Waals surface area contributed by atoms with Crippen LogP contribution in [0.5, 0.6) is 5.75 Å². The van der Waals surface area contributed by atoms with Gasteiger partial charge in [0.25, 0.3) is 0 Å². The number of sulfonamides is 1. The lowest BCUT2D eigenvalue weighted by molar-refractivity contribution is -0.142. The first-order chi connectivity index (χ1) is 13.5. The van der Waals surface area contributed by atoms with Gasteiger partial charge in [-0.15, -0.1) is 17.7 Å². The topological polar surface area (TPSA) is 127 Å². The molecule has 0 spiro atoms. The zero-order valence-corrected chi connectivity index (χ0v) is 18.0. The number of nitrogens with zero attached hydrogens (tertiary/aromatic N) is 1. The molecule has 0 unspecified atom stereocenters. The Kier molecular flexibility index (Phi) is 7.21. The molecule has 2 atom stereocenters. The molecule has 158 valence electrons. The van der Waals surface area contributed by atoms with E-state index in [1.807, 2.05) is 0 Å². The summed E-state index contributed by atoms with van der Waals surface area (Å²) in [5, 5.41) is 9.30. The molecule has 1 aliphatic rings. The van der Waals surface area contributed by atoms with Gasteiger partial charge in [-0.1, -0.05) is 5.92 Å². The van der Waals surface area contributed by atoms with Crippen LogP contribution in [0.25, 0.3) is 0 Å². The Balaban J connectivity index is 2.38. The number of ether oxygens (including phenoxy) is 1. The van der Waals surface area contributed by atoms with E-state index in [-0.39, 0.29) is 24.5 Å². The average Bonchev–Trinajstić information content (AvgIpc) is 2.60. The van der Waals surface area contributed by atoms with Crippen molar-refractivity contribution < 1.29 is 27.9 Å². The summed E-state index contributed by atoms with van der Waals surface area (Å²) in [6.07, 6.45) is -0.0440. The Labute approximate surface area is 174 Å². The number of carboxylic acid groups (broad SMARTS) is 1. The van der Waals surface area contributed by atoms with Gasteiger partial charge in [-0.25, -0.2) is 8.42 Å². The summed E-state index contributed by atoms with van der Waals surface area (Å²) in [5.74, 6) is 4.06. The normalized spacial score (nSPS) is 21.6. The number of carboxylic acids is 1. The zero-order valence-electron chi connectivity index (χ0n) is 16.4. The van der Waals surface area contributed by atoms with E-state index in [4.69, 9.17) is 10.5 Å². The van der Waals surface area contributed by atoms with Crippen LogP contribution in [0.4, 0.5) is 0 Å². The molecule has 0 aliphatic carbocycles. The van der Waals surface area contributed by atoms with Crippen LogP contribution in [0.3, 0.4) is 0 Å². The highest BCUT2D eigenvalue weighted by molar-refractivity contribution is 8.01. The van der Waals surface area contributed by atoms with Gasteiger partial charge in [0.2, 0.25) is 15.9 Å².